The molecule has 1 saturated heterocycles. The third-order valence-electron chi connectivity index (χ3n) is 3.73. The van der Waals surface area contributed by atoms with Crippen molar-refractivity contribution >= 4 is 11.8 Å². The van der Waals surface area contributed by atoms with Gasteiger partial charge >= 0.3 is 5.97 Å². The summed E-state index contributed by atoms with van der Waals surface area (Å²) in [7, 11) is 1.43. The SMILES string of the molecule is COC(=O)C1CC[NH+](CC(=O)c2ccccc2)CC1.[Cl-]. The Labute approximate surface area is 125 Å². The van der Waals surface area contributed by atoms with E-state index in [1.54, 1.807) is 0 Å². The van der Waals surface area contributed by atoms with E-state index in [0.717, 1.165) is 31.5 Å². The van der Waals surface area contributed by atoms with Crippen LogP contribution in [0.5, 0.6) is 0 Å². The lowest BCUT2D eigenvalue weighted by atomic mass is 9.96. The minimum atomic E-state index is -0.117. The number of benzene rings is 1. The Bertz CT molecular complexity index is 442. The molecule has 2 rings (SSSR count). The fourth-order valence-electron chi connectivity index (χ4n) is 2.56. The average Bonchev–Trinajstić information content (AvgIpc) is 2.48. The first-order chi connectivity index (χ1) is 9.20. The van der Waals surface area contributed by atoms with Gasteiger partial charge in [-0.1, -0.05) is 30.3 Å². The summed E-state index contributed by atoms with van der Waals surface area (Å²) in [6, 6.07) is 9.37. The monoisotopic (exact) mass is 297 g/mol. The number of esters is 1. The second-order valence-corrected chi connectivity index (χ2v) is 5.01. The number of Topliss-reactive ketones (excluding diaryl/α,β-unsaturated/α-hetero) is 1. The summed E-state index contributed by atoms with van der Waals surface area (Å²) in [5, 5.41) is 0. The van der Waals surface area contributed by atoms with Crippen LogP contribution in [0, 0.1) is 5.92 Å². The predicted molar refractivity (Wildman–Crippen MR) is 71.1 cm³/mol. The molecule has 0 radical (unpaired) electrons. The van der Waals surface area contributed by atoms with Crippen LogP contribution in [0.25, 0.3) is 0 Å². The Morgan fingerprint density at radius 2 is 1.80 bits per heavy atom. The number of rotatable bonds is 4. The number of quaternary nitrogens is 1. The number of likely N-dealkylation sites (tertiary alicyclic amines) is 1. The van der Waals surface area contributed by atoms with E-state index in [-0.39, 0.29) is 30.1 Å². The van der Waals surface area contributed by atoms with Gasteiger partial charge in [-0.25, -0.2) is 0 Å². The molecule has 0 atom stereocenters. The minimum absolute atomic E-state index is 0. The standard InChI is InChI=1S/C15H19NO3.ClH/c1-19-15(18)13-7-9-16(10-8-13)11-14(17)12-5-3-2-4-6-12;/h2-6,13H,7-11H2,1H3;1H. The molecule has 1 aromatic rings. The van der Waals surface area contributed by atoms with Gasteiger partial charge in [0, 0.05) is 18.4 Å². The van der Waals surface area contributed by atoms with E-state index in [2.05, 4.69) is 0 Å². The first-order valence-corrected chi connectivity index (χ1v) is 6.70. The number of carbonyl (C=O) groups excluding carboxylic acids is 2. The van der Waals surface area contributed by atoms with Crippen molar-refractivity contribution in [3.63, 3.8) is 0 Å². The fraction of sp³-hybridized carbons (Fsp3) is 0.467. The van der Waals surface area contributed by atoms with Gasteiger partial charge in [-0.3, -0.25) is 9.59 Å². The Morgan fingerprint density at radius 3 is 2.35 bits per heavy atom. The van der Waals surface area contributed by atoms with E-state index in [1.807, 2.05) is 30.3 Å². The third kappa shape index (κ3) is 4.32. The van der Waals surface area contributed by atoms with Crippen molar-refractivity contribution < 1.29 is 31.6 Å². The van der Waals surface area contributed by atoms with Crippen molar-refractivity contribution in [3.8, 4) is 0 Å². The number of carbonyl (C=O) groups is 2. The second-order valence-electron chi connectivity index (χ2n) is 5.01. The van der Waals surface area contributed by atoms with Gasteiger partial charge in [0.15, 0.2) is 0 Å². The molecule has 0 unspecified atom stereocenters. The Morgan fingerprint density at radius 1 is 1.20 bits per heavy atom. The average molecular weight is 298 g/mol. The van der Waals surface area contributed by atoms with E-state index >= 15 is 0 Å². The van der Waals surface area contributed by atoms with Crippen molar-refractivity contribution in [1.29, 1.82) is 0 Å². The summed E-state index contributed by atoms with van der Waals surface area (Å²) in [5.41, 5.74) is 0.769. The molecule has 1 aliphatic heterocycles. The van der Waals surface area contributed by atoms with Crippen molar-refractivity contribution in [1.82, 2.24) is 0 Å². The normalized spacial score (nSPS) is 21.6. The molecule has 0 amide bonds. The number of ketones is 1. The molecule has 1 aliphatic rings. The van der Waals surface area contributed by atoms with Crippen LogP contribution >= 0.6 is 0 Å². The highest BCUT2D eigenvalue weighted by atomic mass is 35.5. The number of halogens is 1. The van der Waals surface area contributed by atoms with Crippen LogP contribution < -0.4 is 17.3 Å². The highest BCUT2D eigenvalue weighted by Gasteiger charge is 2.29. The number of ether oxygens (including phenoxy) is 1. The van der Waals surface area contributed by atoms with Crippen molar-refractivity contribution in [2.24, 2.45) is 5.92 Å². The van der Waals surface area contributed by atoms with Gasteiger partial charge in [-0.15, -0.1) is 0 Å². The van der Waals surface area contributed by atoms with Gasteiger partial charge in [0.1, 0.15) is 6.54 Å². The fourth-order valence-corrected chi connectivity index (χ4v) is 2.56. The summed E-state index contributed by atoms with van der Waals surface area (Å²) in [5.74, 6) is 0.0705. The number of piperidine rings is 1. The molecule has 1 heterocycles. The highest BCUT2D eigenvalue weighted by molar-refractivity contribution is 5.96. The second kappa shape index (κ2) is 8.02. The van der Waals surface area contributed by atoms with E-state index in [4.69, 9.17) is 4.74 Å². The Kier molecular flexibility index (Phi) is 6.68. The lowest BCUT2D eigenvalue weighted by Gasteiger charge is -2.27. The lowest BCUT2D eigenvalue weighted by Crippen LogP contribution is -3.14. The third-order valence-corrected chi connectivity index (χ3v) is 3.73. The summed E-state index contributed by atoms with van der Waals surface area (Å²) in [4.78, 5) is 24.7. The van der Waals surface area contributed by atoms with Crippen molar-refractivity contribution in [2.75, 3.05) is 26.7 Å². The van der Waals surface area contributed by atoms with E-state index in [1.165, 1.54) is 12.0 Å². The molecular weight excluding hydrogens is 278 g/mol. The molecule has 20 heavy (non-hydrogen) atoms. The quantitative estimate of drug-likeness (QED) is 0.488. The number of hydrogen-bond donors (Lipinski definition) is 1. The van der Waals surface area contributed by atoms with Gasteiger partial charge in [0.25, 0.3) is 0 Å². The molecule has 0 aromatic heterocycles. The minimum Gasteiger partial charge on any atom is -1.00 e. The van der Waals surface area contributed by atoms with Crippen LogP contribution in [0.15, 0.2) is 30.3 Å². The molecule has 5 heteroatoms. The number of hydrogen-bond acceptors (Lipinski definition) is 3. The van der Waals surface area contributed by atoms with Gasteiger partial charge in [0.05, 0.1) is 26.1 Å². The zero-order chi connectivity index (χ0) is 13.7. The Hall–Kier alpha value is -1.39. The maximum absolute atomic E-state index is 12.1. The first kappa shape index (κ1) is 16.7. The van der Waals surface area contributed by atoms with Crippen LogP contribution in [0.3, 0.4) is 0 Å². The molecule has 0 aliphatic carbocycles. The van der Waals surface area contributed by atoms with Crippen LogP contribution in [0.1, 0.15) is 23.2 Å². The maximum Gasteiger partial charge on any atom is 0.309 e. The van der Waals surface area contributed by atoms with Crippen molar-refractivity contribution in [2.45, 2.75) is 12.8 Å². The molecule has 110 valence electrons. The van der Waals surface area contributed by atoms with E-state index in [9.17, 15) is 9.59 Å². The zero-order valence-electron chi connectivity index (χ0n) is 11.6. The molecule has 1 N–H and O–H groups in total. The molecular formula is C15H20ClNO3. The molecule has 0 saturated carbocycles. The smallest absolute Gasteiger partial charge is 0.309 e. The van der Waals surface area contributed by atoms with E-state index < -0.39 is 0 Å². The molecule has 4 nitrogen and oxygen atoms in total. The maximum atomic E-state index is 12.1. The molecule has 1 aromatic carbocycles. The number of methoxy groups -OCH3 is 1. The van der Waals surface area contributed by atoms with Gasteiger partial charge in [-0.2, -0.15) is 0 Å². The summed E-state index contributed by atoms with van der Waals surface area (Å²) >= 11 is 0. The zero-order valence-corrected chi connectivity index (χ0v) is 12.4. The largest absolute Gasteiger partial charge is 1.00 e. The van der Waals surface area contributed by atoms with Gasteiger partial charge < -0.3 is 22.0 Å². The van der Waals surface area contributed by atoms with Gasteiger partial charge in [-0.05, 0) is 0 Å². The first-order valence-electron chi connectivity index (χ1n) is 6.70. The van der Waals surface area contributed by atoms with Crippen LogP contribution in [0.2, 0.25) is 0 Å². The predicted octanol–water partition coefficient (Wildman–Crippen LogP) is -2.66. The van der Waals surface area contributed by atoms with Crippen LogP contribution in [0.4, 0.5) is 0 Å². The molecule has 0 bridgehead atoms. The van der Waals surface area contributed by atoms with Crippen LogP contribution in [-0.2, 0) is 9.53 Å². The molecule has 0 spiro atoms. The highest BCUT2D eigenvalue weighted by Crippen LogP contribution is 2.11. The topological polar surface area (TPSA) is 47.8 Å². The van der Waals surface area contributed by atoms with Crippen molar-refractivity contribution in [3.05, 3.63) is 35.9 Å². The number of nitrogens with one attached hydrogen (secondary N) is 1. The summed E-state index contributed by atoms with van der Waals surface area (Å²) < 4.78 is 4.76. The van der Waals surface area contributed by atoms with Gasteiger partial charge in [0.2, 0.25) is 5.78 Å². The summed E-state index contributed by atoms with van der Waals surface area (Å²) in [6.07, 6.45) is 1.62. The van der Waals surface area contributed by atoms with Crippen LogP contribution in [-0.4, -0.2) is 38.5 Å². The molecule has 1 fully saturated rings. The summed E-state index contributed by atoms with van der Waals surface area (Å²) in [6.45, 7) is 2.23. The lowest BCUT2D eigenvalue weighted by molar-refractivity contribution is -0.897. The Balaban J connectivity index is 0.00000200. The van der Waals surface area contributed by atoms with E-state index in [0.29, 0.717) is 6.54 Å².